The van der Waals surface area contributed by atoms with Crippen LogP contribution in [0.5, 0.6) is 0 Å². The summed E-state index contributed by atoms with van der Waals surface area (Å²) in [6.07, 6.45) is 0.332. The highest BCUT2D eigenvalue weighted by molar-refractivity contribution is 5.74. The lowest BCUT2D eigenvalue weighted by Gasteiger charge is -2.02. The summed E-state index contributed by atoms with van der Waals surface area (Å²) in [5.41, 5.74) is 9.70. The fourth-order valence-electron chi connectivity index (χ4n) is 0.522. The second-order valence-corrected chi connectivity index (χ2v) is 2.37. The molecule has 0 aliphatic heterocycles. The highest BCUT2D eigenvalue weighted by Crippen LogP contribution is 1.85. The molecule has 4 N–H and O–H groups in total. The predicted molar refractivity (Wildman–Crippen MR) is 44.4 cm³/mol. The van der Waals surface area contributed by atoms with E-state index in [2.05, 4.69) is 0 Å². The van der Waals surface area contributed by atoms with Gasteiger partial charge in [-0.05, 0) is 0 Å². The van der Waals surface area contributed by atoms with Crippen LogP contribution < -0.4 is 11.5 Å². The Bertz CT molecular complexity index is 154. The number of primary amides is 2. The quantitative estimate of drug-likeness (QED) is 0.367. The zero-order valence-electron chi connectivity index (χ0n) is 7.32. The number of hydrogen-bond acceptors (Lipinski definition) is 4. The number of hydrogen-bond donors (Lipinski definition) is 2. The molecule has 6 nitrogen and oxygen atoms in total. The molecule has 6 heteroatoms. The molecule has 0 aromatic heterocycles. The van der Waals surface area contributed by atoms with Gasteiger partial charge in [0, 0.05) is 12.8 Å². The smallest absolute Gasteiger partial charge is 0.219 e. The number of carbonyl (C=O) groups is 2. The number of rotatable bonds is 8. The number of amides is 2. The summed E-state index contributed by atoms with van der Waals surface area (Å²) in [7, 11) is 0. The molecule has 0 heterocycles. The summed E-state index contributed by atoms with van der Waals surface area (Å²) in [4.78, 5) is 20.4. The topological polar surface area (TPSA) is 105 Å². The summed E-state index contributed by atoms with van der Waals surface area (Å²) in [6.45, 7) is 0.498. The maximum atomic E-state index is 10.2. The van der Waals surface area contributed by atoms with Crippen molar-refractivity contribution in [3.8, 4) is 0 Å². The van der Waals surface area contributed by atoms with Crippen molar-refractivity contribution in [3.05, 3.63) is 0 Å². The highest BCUT2D eigenvalue weighted by atomic mass is 16.7. The van der Waals surface area contributed by atoms with Gasteiger partial charge in [-0.3, -0.25) is 9.59 Å². The minimum atomic E-state index is -0.419. The molecule has 0 fully saturated rings. The molecule has 0 radical (unpaired) electrons. The molecule has 0 aliphatic carbocycles. The fourth-order valence-corrected chi connectivity index (χ4v) is 0.522. The Morgan fingerprint density at radius 3 is 1.62 bits per heavy atom. The lowest BCUT2D eigenvalue weighted by Crippen LogP contribution is -2.16. The first kappa shape index (κ1) is 11.9. The van der Waals surface area contributed by atoms with Gasteiger partial charge in [0.1, 0.15) is 6.79 Å². The molecular weight excluding hydrogens is 176 g/mol. The first-order chi connectivity index (χ1) is 6.13. The van der Waals surface area contributed by atoms with E-state index >= 15 is 0 Å². The first-order valence-corrected chi connectivity index (χ1v) is 3.85. The Morgan fingerprint density at radius 1 is 0.923 bits per heavy atom. The fraction of sp³-hybridized carbons (Fsp3) is 0.714. The van der Waals surface area contributed by atoms with E-state index in [0.717, 1.165) is 0 Å². The van der Waals surface area contributed by atoms with Gasteiger partial charge in [-0.2, -0.15) is 0 Å². The van der Waals surface area contributed by atoms with Crippen molar-refractivity contribution in [1.29, 1.82) is 0 Å². The van der Waals surface area contributed by atoms with Crippen molar-refractivity contribution in [2.75, 3.05) is 20.0 Å². The minimum Gasteiger partial charge on any atom is -0.370 e. The Kier molecular flexibility index (Phi) is 6.85. The van der Waals surface area contributed by atoms with Gasteiger partial charge in [0.2, 0.25) is 11.8 Å². The van der Waals surface area contributed by atoms with Gasteiger partial charge in [-0.25, -0.2) is 0 Å². The van der Waals surface area contributed by atoms with Crippen LogP contribution in [0.25, 0.3) is 0 Å². The largest absolute Gasteiger partial charge is 0.370 e. The van der Waals surface area contributed by atoms with Gasteiger partial charge in [-0.15, -0.1) is 0 Å². The third-order valence-electron chi connectivity index (χ3n) is 1.15. The summed E-state index contributed by atoms with van der Waals surface area (Å²) in [5.74, 6) is -0.839. The van der Waals surface area contributed by atoms with Crippen LogP contribution in [0.3, 0.4) is 0 Å². The third kappa shape index (κ3) is 10.9. The molecule has 0 saturated heterocycles. The second kappa shape index (κ2) is 7.51. The molecule has 0 rings (SSSR count). The molecule has 0 saturated carbocycles. The van der Waals surface area contributed by atoms with E-state index in [1.807, 2.05) is 0 Å². The number of ether oxygens (including phenoxy) is 2. The van der Waals surface area contributed by atoms with Crippen molar-refractivity contribution in [2.24, 2.45) is 11.5 Å². The van der Waals surface area contributed by atoms with Crippen LogP contribution >= 0.6 is 0 Å². The molecule has 13 heavy (non-hydrogen) atoms. The molecule has 0 bridgehead atoms. The summed E-state index contributed by atoms with van der Waals surface area (Å²) in [5, 5.41) is 0. The van der Waals surface area contributed by atoms with Gasteiger partial charge in [-0.1, -0.05) is 0 Å². The van der Waals surface area contributed by atoms with Crippen LogP contribution in [0.2, 0.25) is 0 Å². The number of carbonyl (C=O) groups excluding carboxylic acids is 2. The van der Waals surface area contributed by atoms with Crippen LogP contribution in [-0.4, -0.2) is 31.8 Å². The van der Waals surface area contributed by atoms with Gasteiger partial charge < -0.3 is 20.9 Å². The Hall–Kier alpha value is -1.14. The third-order valence-corrected chi connectivity index (χ3v) is 1.15. The predicted octanol–water partition coefficient (Wildman–Crippen LogP) is -1.27. The Labute approximate surface area is 76.2 Å². The summed E-state index contributed by atoms with van der Waals surface area (Å²) < 4.78 is 9.70. The summed E-state index contributed by atoms with van der Waals surface area (Å²) >= 11 is 0. The molecule has 0 unspecified atom stereocenters. The van der Waals surface area contributed by atoms with Crippen LogP contribution in [0.15, 0.2) is 0 Å². The molecule has 0 aromatic rings. The average molecular weight is 190 g/mol. The lowest BCUT2D eigenvalue weighted by atomic mass is 10.4. The Morgan fingerprint density at radius 2 is 1.31 bits per heavy atom. The monoisotopic (exact) mass is 190 g/mol. The van der Waals surface area contributed by atoms with E-state index in [-0.39, 0.29) is 32.8 Å². The standard InChI is InChI=1S/C7H14N2O4/c8-6(10)1-3-12-5-13-4-2-7(9)11/h1-5H2,(H2,8,10)(H2,9,11). The van der Waals surface area contributed by atoms with Crippen LogP contribution in [0.4, 0.5) is 0 Å². The molecule has 0 aliphatic rings. The molecule has 0 aromatic carbocycles. The number of nitrogens with two attached hydrogens (primary N) is 2. The molecule has 2 amide bonds. The van der Waals surface area contributed by atoms with Gasteiger partial charge in [0.25, 0.3) is 0 Å². The highest BCUT2D eigenvalue weighted by Gasteiger charge is 1.95. The van der Waals surface area contributed by atoms with Gasteiger partial charge in [0.15, 0.2) is 0 Å². The van der Waals surface area contributed by atoms with Crippen molar-refractivity contribution in [2.45, 2.75) is 12.8 Å². The summed E-state index contributed by atoms with van der Waals surface area (Å²) in [6, 6.07) is 0. The molecule has 0 spiro atoms. The second-order valence-electron chi connectivity index (χ2n) is 2.37. The first-order valence-electron chi connectivity index (χ1n) is 3.85. The zero-order valence-corrected chi connectivity index (χ0v) is 7.32. The molecular formula is C7H14N2O4. The van der Waals surface area contributed by atoms with Crippen LogP contribution in [-0.2, 0) is 19.1 Å². The molecule has 0 atom stereocenters. The zero-order chi connectivity index (χ0) is 10.1. The maximum absolute atomic E-state index is 10.2. The van der Waals surface area contributed by atoms with Crippen LogP contribution in [0, 0.1) is 0 Å². The average Bonchev–Trinajstić information content (AvgIpc) is 2.01. The maximum Gasteiger partial charge on any atom is 0.219 e. The normalized spacial score (nSPS) is 9.85. The van der Waals surface area contributed by atoms with Gasteiger partial charge in [0.05, 0.1) is 13.2 Å². The van der Waals surface area contributed by atoms with E-state index in [1.54, 1.807) is 0 Å². The van der Waals surface area contributed by atoms with Crippen molar-refractivity contribution in [1.82, 2.24) is 0 Å². The van der Waals surface area contributed by atoms with E-state index in [0.29, 0.717) is 0 Å². The van der Waals surface area contributed by atoms with E-state index in [9.17, 15) is 9.59 Å². The van der Waals surface area contributed by atoms with Crippen molar-refractivity contribution < 1.29 is 19.1 Å². The SMILES string of the molecule is NC(=O)CCOCOCCC(N)=O. The molecule has 76 valence electrons. The van der Waals surface area contributed by atoms with E-state index in [1.165, 1.54) is 0 Å². The van der Waals surface area contributed by atoms with Gasteiger partial charge >= 0.3 is 0 Å². The van der Waals surface area contributed by atoms with E-state index in [4.69, 9.17) is 20.9 Å². The van der Waals surface area contributed by atoms with Crippen LogP contribution in [0.1, 0.15) is 12.8 Å². The van der Waals surface area contributed by atoms with Crippen molar-refractivity contribution >= 4 is 11.8 Å². The lowest BCUT2D eigenvalue weighted by molar-refractivity contribution is -0.122. The minimum absolute atomic E-state index is 0.0422. The van der Waals surface area contributed by atoms with Crippen molar-refractivity contribution in [3.63, 3.8) is 0 Å². The Balaban J connectivity index is 3.00. The van der Waals surface area contributed by atoms with E-state index < -0.39 is 11.8 Å².